The summed E-state index contributed by atoms with van der Waals surface area (Å²) in [5, 5.41) is 3.77. The molecular formula is C18H29N. The molecule has 1 aliphatic rings. The fourth-order valence-electron chi connectivity index (χ4n) is 3.42. The molecule has 1 aromatic rings. The fourth-order valence-corrected chi connectivity index (χ4v) is 3.42. The van der Waals surface area contributed by atoms with E-state index in [0.29, 0.717) is 0 Å². The van der Waals surface area contributed by atoms with Crippen LogP contribution in [0.15, 0.2) is 30.3 Å². The number of hydrogen-bond acceptors (Lipinski definition) is 1. The highest BCUT2D eigenvalue weighted by Gasteiger charge is 2.21. The molecular weight excluding hydrogens is 230 g/mol. The molecule has 1 nitrogen and oxygen atoms in total. The Balaban J connectivity index is 1.68. The molecule has 2 atom stereocenters. The standard InChI is InChI=1S/C18H29N/c1-15(2)13-17-9-6-10-18(14-17)19-12-11-16-7-4-3-5-8-16/h3-5,7-8,15,17-19H,6,9-14H2,1-2H3. The first kappa shape index (κ1) is 14.6. The van der Waals surface area contributed by atoms with Crippen molar-refractivity contribution in [2.75, 3.05) is 6.54 Å². The molecule has 0 radical (unpaired) electrons. The van der Waals surface area contributed by atoms with Gasteiger partial charge >= 0.3 is 0 Å². The summed E-state index contributed by atoms with van der Waals surface area (Å²) in [6.07, 6.45) is 8.22. The van der Waals surface area contributed by atoms with E-state index in [1.807, 2.05) is 0 Å². The van der Waals surface area contributed by atoms with Crippen LogP contribution in [0, 0.1) is 11.8 Å². The molecule has 0 amide bonds. The molecule has 1 N–H and O–H groups in total. The van der Waals surface area contributed by atoms with E-state index < -0.39 is 0 Å². The van der Waals surface area contributed by atoms with E-state index in [-0.39, 0.29) is 0 Å². The van der Waals surface area contributed by atoms with E-state index >= 15 is 0 Å². The van der Waals surface area contributed by atoms with Crippen LogP contribution in [0.1, 0.15) is 51.5 Å². The lowest BCUT2D eigenvalue weighted by Crippen LogP contribution is -2.35. The third kappa shape index (κ3) is 5.36. The Labute approximate surface area is 118 Å². The Hall–Kier alpha value is -0.820. The Morgan fingerprint density at radius 2 is 1.95 bits per heavy atom. The number of nitrogens with one attached hydrogen (secondary N) is 1. The van der Waals surface area contributed by atoms with E-state index in [0.717, 1.165) is 30.8 Å². The minimum Gasteiger partial charge on any atom is -0.314 e. The van der Waals surface area contributed by atoms with Gasteiger partial charge < -0.3 is 5.32 Å². The van der Waals surface area contributed by atoms with Crippen LogP contribution in [0.25, 0.3) is 0 Å². The van der Waals surface area contributed by atoms with Crippen LogP contribution in [0.3, 0.4) is 0 Å². The zero-order valence-corrected chi connectivity index (χ0v) is 12.6. The van der Waals surface area contributed by atoms with Gasteiger partial charge in [0, 0.05) is 6.04 Å². The van der Waals surface area contributed by atoms with Crippen molar-refractivity contribution < 1.29 is 0 Å². The lowest BCUT2D eigenvalue weighted by Gasteiger charge is -2.31. The van der Waals surface area contributed by atoms with Gasteiger partial charge in [0.05, 0.1) is 0 Å². The SMILES string of the molecule is CC(C)CC1CCCC(NCCc2ccccc2)C1. The quantitative estimate of drug-likeness (QED) is 0.797. The van der Waals surface area contributed by atoms with Crippen LogP contribution >= 0.6 is 0 Å². The van der Waals surface area contributed by atoms with Gasteiger partial charge in [0.15, 0.2) is 0 Å². The summed E-state index contributed by atoms with van der Waals surface area (Å²) in [5.74, 6) is 1.82. The van der Waals surface area contributed by atoms with Crippen molar-refractivity contribution in [1.82, 2.24) is 5.32 Å². The van der Waals surface area contributed by atoms with Crippen LogP contribution in [0.4, 0.5) is 0 Å². The lowest BCUT2D eigenvalue weighted by molar-refractivity contribution is 0.253. The van der Waals surface area contributed by atoms with Crippen molar-refractivity contribution in [2.45, 2.75) is 58.4 Å². The minimum atomic E-state index is 0.765. The normalized spacial score (nSPS) is 23.7. The van der Waals surface area contributed by atoms with Crippen LogP contribution < -0.4 is 5.32 Å². The lowest BCUT2D eigenvalue weighted by atomic mass is 9.81. The molecule has 106 valence electrons. The van der Waals surface area contributed by atoms with E-state index in [2.05, 4.69) is 49.5 Å². The molecule has 1 fully saturated rings. The first-order valence-electron chi connectivity index (χ1n) is 8.01. The maximum Gasteiger partial charge on any atom is 0.00698 e. The van der Waals surface area contributed by atoms with Crippen molar-refractivity contribution in [1.29, 1.82) is 0 Å². The molecule has 0 saturated heterocycles. The monoisotopic (exact) mass is 259 g/mol. The third-order valence-corrected chi connectivity index (χ3v) is 4.28. The zero-order chi connectivity index (χ0) is 13.5. The Kier molecular flexibility index (Phi) is 5.91. The van der Waals surface area contributed by atoms with E-state index in [9.17, 15) is 0 Å². The van der Waals surface area contributed by atoms with Crippen molar-refractivity contribution in [2.24, 2.45) is 11.8 Å². The zero-order valence-electron chi connectivity index (χ0n) is 12.6. The molecule has 0 heterocycles. The summed E-state index contributed by atoms with van der Waals surface area (Å²) in [6.45, 7) is 5.84. The van der Waals surface area contributed by atoms with Gasteiger partial charge in [0.2, 0.25) is 0 Å². The van der Waals surface area contributed by atoms with Crippen molar-refractivity contribution in [3.8, 4) is 0 Å². The molecule has 1 heteroatoms. The Morgan fingerprint density at radius 1 is 1.16 bits per heavy atom. The molecule has 19 heavy (non-hydrogen) atoms. The predicted molar refractivity (Wildman–Crippen MR) is 83.3 cm³/mol. The van der Waals surface area contributed by atoms with Crippen LogP contribution in [-0.4, -0.2) is 12.6 Å². The second-order valence-electron chi connectivity index (χ2n) is 6.55. The summed E-state index contributed by atoms with van der Waals surface area (Å²) in [7, 11) is 0. The second kappa shape index (κ2) is 7.69. The fraction of sp³-hybridized carbons (Fsp3) is 0.667. The predicted octanol–water partition coefficient (Wildman–Crippen LogP) is 4.42. The topological polar surface area (TPSA) is 12.0 Å². The molecule has 2 rings (SSSR count). The number of rotatable bonds is 6. The molecule has 0 spiro atoms. The maximum absolute atomic E-state index is 3.77. The van der Waals surface area contributed by atoms with Gasteiger partial charge in [-0.05, 0) is 49.6 Å². The smallest absolute Gasteiger partial charge is 0.00698 e. The van der Waals surface area contributed by atoms with Crippen LogP contribution in [0.2, 0.25) is 0 Å². The molecule has 0 bridgehead atoms. The van der Waals surface area contributed by atoms with Crippen molar-refractivity contribution >= 4 is 0 Å². The Morgan fingerprint density at radius 3 is 2.68 bits per heavy atom. The average Bonchev–Trinajstić information content (AvgIpc) is 2.40. The second-order valence-corrected chi connectivity index (χ2v) is 6.55. The summed E-state index contributed by atoms with van der Waals surface area (Å²) >= 11 is 0. The minimum absolute atomic E-state index is 0.765. The average molecular weight is 259 g/mol. The van der Waals surface area contributed by atoms with Gasteiger partial charge in [0.1, 0.15) is 0 Å². The van der Waals surface area contributed by atoms with Gasteiger partial charge in [0.25, 0.3) is 0 Å². The molecule has 1 saturated carbocycles. The number of benzene rings is 1. The van der Waals surface area contributed by atoms with Crippen molar-refractivity contribution in [3.05, 3.63) is 35.9 Å². The highest BCUT2D eigenvalue weighted by atomic mass is 14.9. The summed E-state index contributed by atoms with van der Waals surface area (Å²) in [5.41, 5.74) is 1.45. The van der Waals surface area contributed by atoms with E-state index in [1.165, 1.54) is 37.7 Å². The Bertz CT molecular complexity index is 344. The van der Waals surface area contributed by atoms with Crippen LogP contribution in [0.5, 0.6) is 0 Å². The summed E-state index contributed by atoms with van der Waals surface area (Å²) < 4.78 is 0. The largest absolute Gasteiger partial charge is 0.314 e. The molecule has 0 aromatic heterocycles. The summed E-state index contributed by atoms with van der Waals surface area (Å²) in [6, 6.07) is 11.6. The highest BCUT2D eigenvalue weighted by Crippen LogP contribution is 2.29. The third-order valence-electron chi connectivity index (χ3n) is 4.28. The van der Waals surface area contributed by atoms with Gasteiger partial charge in [-0.25, -0.2) is 0 Å². The van der Waals surface area contributed by atoms with E-state index in [4.69, 9.17) is 0 Å². The molecule has 2 unspecified atom stereocenters. The van der Waals surface area contributed by atoms with Gasteiger partial charge in [-0.2, -0.15) is 0 Å². The van der Waals surface area contributed by atoms with Crippen LogP contribution in [-0.2, 0) is 6.42 Å². The first-order chi connectivity index (χ1) is 9.24. The van der Waals surface area contributed by atoms with Crippen molar-refractivity contribution in [3.63, 3.8) is 0 Å². The van der Waals surface area contributed by atoms with Gasteiger partial charge in [-0.3, -0.25) is 0 Å². The molecule has 1 aliphatic carbocycles. The highest BCUT2D eigenvalue weighted by molar-refractivity contribution is 5.14. The molecule has 1 aromatic carbocycles. The summed E-state index contributed by atoms with van der Waals surface area (Å²) in [4.78, 5) is 0. The number of hydrogen-bond donors (Lipinski definition) is 1. The maximum atomic E-state index is 3.77. The van der Waals surface area contributed by atoms with Gasteiger partial charge in [-0.1, -0.05) is 57.0 Å². The van der Waals surface area contributed by atoms with E-state index in [1.54, 1.807) is 0 Å². The molecule has 0 aliphatic heterocycles. The first-order valence-corrected chi connectivity index (χ1v) is 8.01. The van der Waals surface area contributed by atoms with Gasteiger partial charge in [-0.15, -0.1) is 0 Å².